The Bertz CT molecular complexity index is 766. The minimum atomic E-state index is -3.52. The van der Waals surface area contributed by atoms with Gasteiger partial charge in [0.1, 0.15) is 4.90 Å². The first-order valence-corrected chi connectivity index (χ1v) is 9.78. The third-order valence-electron chi connectivity index (χ3n) is 4.09. The second-order valence-corrected chi connectivity index (χ2v) is 8.16. The van der Waals surface area contributed by atoms with E-state index < -0.39 is 10.0 Å². The third-order valence-corrected chi connectivity index (χ3v) is 5.85. The summed E-state index contributed by atoms with van der Waals surface area (Å²) in [5.74, 6) is 0. The predicted molar refractivity (Wildman–Crippen MR) is 94.3 cm³/mol. The summed E-state index contributed by atoms with van der Waals surface area (Å²) in [6.45, 7) is 2.46. The van der Waals surface area contributed by atoms with Crippen LogP contribution in [-0.4, -0.2) is 37.4 Å². The number of benzene rings is 1. The van der Waals surface area contributed by atoms with E-state index in [1.807, 2.05) is 24.3 Å². The molecule has 1 aromatic carbocycles. The van der Waals surface area contributed by atoms with Gasteiger partial charge in [0.05, 0.1) is 0 Å². The largest absolute Gasteiger partial charge is 0.298 e. The van der Waals surface area contributed by atoms with Gasteiger partial charge in [0.15, 0.2) is 0 Å². The van der Waals surface area contributed by atoms with Crippen LogP contribution in [0, 0.1) is 0 Å². The molecular weight excluding hydrogens is 346 g/mol. The first kappa shape index (κ1) is 17.4. The van der Waals surface area contributed by atoms with Gasteiger partial charge in [-0.25, -0.2) is 13.1 Å². The number of nitrogens with one attached hydrogen (secondary N) is 1. The van der Waals surface area contributed by atoms with E-state index in [0.717, 1.165) is 31.0 Å². The SMILES string of the molecule is O=S(=O)(N[C@H]1CCCN(Cc2ccc(Cl)cc2)C1)c1cccnc1. The molecule has 0 unspecified atom stereocenters. The van der Waals surface area contributed by atoms with Crippen molar-refractivity contribution in [3.63, 3.8) is 0 Å². The number of halogens is 1. The molecular formula is C17H20ClN3O2S. The molecule has 0 bridgehead atoms. The topological polar surface area (TPSA) is 62.3 Å². The van der Waals surface area contributed by atoms with Gasteiger partial charge in [-0.05, 0) is 49.2 Å². The maximum atomic E-state index is 12.4. The van der Waals surface area contributed by atoms with E-state index in [-0.39, 0.29) is 10.9 Å². The Labute approximate surface area is 147 Å². The van der Waals surface area contributed by atoms with Crippen molar-refractivity contribution >= 4 is 21.6 Å². The molecule has 1 aliphatic heterocycles. The normalized spacial score (nSPS) is 19.3. The molecule has 3 rings (SSSR count). The molecule has 1 aromatic heterocycles. The predicted octanol–water partition coefficient (Wildman–Crippen LogP) is 2.68. The molecule has 7 heteroatoms. The van der Waals surface area contributed by atoms with Crippen molar-refractivity contribution in [2.75, 3.05) is 13.1 Å². The zero-order chi connectivity index (χ0) is 17.0. The Morgan fingerprint density at radius 3 is 2.75 bits per heavy atom. The molecule has 1 N–H and O–H groups in total. The molecule has 1 saturated heterocycles. The summed E-state index contributed by atoms with van der Waals surface area (Å²) in [7, 11) is -3.52. The molecule has 0 saturated carbocycles. The highest BCUT2D eigenvalue weighted by atomic mass is 35.5. The van der Waals surface area contributed by atoms with Gasteiger partial charge < -0.3 is 0 Å². The quantitative estimate of drug-likeness (QED) is 0.884. The summed E-state index contributed by atoms with van der Waals surface area (Å²) in [6, 6.07) is 10.9. The van der Waals surface area contributed by atoms with E-state index in [1.165, 1.54) is 11.8 Å². The minimum absolute atomic E-state index is 0.0868. The van der Waals surface area contributed by atoms with Crippen molar-refractivity contribution < 1.29 is 8.42 Å². The zero-order valence-corrected chi connectivity index (χ0v) is 14.8. The average molecular weight is 366 g/mol. The van der Waals surface area contributed by atoms with E-state index in [4.69, 9.17) is 11.6 Å². The Hall–Kier alpha value is -1.47. The number of pyridine rings is 1. The Balaban J connectivity index is 1.62. The van der Waals surface area contributed by atoms with Crippen molar-refractivity contribution in [2.45, 2.75) is 30.3 Å². The number of sulfonamides is 1. The van der Waals surface area contributed by atoms with Gasteiger partial charge in [-0.1, -0.05) is 23.7 Å². The molecule has 2 heterocycles. The van der Waals surface area contributed by atoms with Crippen LogP contribution < -0.4 is 4.72 Å². The van der Waals surface area contributed by atoms with Crippen LogP contribution in [0.3, 0.4) is 0 Å². The van der Waals surface area contributed by atoms with E-state index in [9.17, 15) is 8.42 Å². The van der Waals surface area contributed by atoms with Crippen LogP contribution >= 0.6 is 11.6 Å². The lowest BCUT2D eigenvalue weighted by Gasteiger charge is -2.33. The number of hydrogen-bond acceptors (Lipinski definition) is 4. The Morgan fingerprint density at radius 2 is 2.04 bits per heavy atom. The molecule has 0 radical (unpaired) electrons. The molecule has 0 aliphatic carbocycles. The van der Waals surface area contributed by atoms with E-state index in [2.05, 4.69) is 14.6 Å². The maximum absolute atomic E-state index is 12.4. The molecule has 0 amide bonds. The van der Waals surface area contributed by atoms with Crippen LogP contribution in [0.4, 0.5) is 0 Å². The number of nitrogens with zero attached hydrogens (tertiary/aromatic N) is 2. The van der Waals surface area contributed by atoms with Gasteiger partial charge in [0.2, 0.25) is 10.0 Å². The van der Waals surface area contributed by atoms with Crippen molar-refractivity contribution in [1.29, 1.82) is 0 Å². The fourth-order valence-electron chi connectivity index (χ4n) is 2.94. The molecule has 24 heavy (non-hydrogen) atoms. The van der Waals surface area contributed by atoms with Gasteiger partial charge in [0.25, 0.3) is 0 Å². The Kier molecular flexibility index (Phi) is 5.50. The maximum Gasteiger partial charge on any atom is 0.242 e. The van der Waals surface area contributed by atoms with Gasteiger partial charge in [-0.3, -0.25) is 9.88 Å². The van der Waals surface area contributed by atoms with Crippen LogP contribution in [0.15, 0.2) is 53.7 Å². The molecule has 1 fully saturated rings. The van der Waals surface area contributed by atoms with Gasteiger partial charge in [-0.15, -0.1) is 0 Å². The minimum Gasteiger partial charge on any atom is -0.298 e. The number of rotatable bonds is 5. The highest BCUT2D eigenvalue weighted by molar-refractivity contribution is 7.89. The van der Waals surface area contributed by atoms with Crippen molar-refractivity contribution in [2.24, 2.45) is 0 Å². The van der Waals surface area contributed by atoms with Crippen molar-refractivity contribution in [3.8, 4) is 0 Å². The van der Waals surface area contributed by atoms with Gasteiger partial charge >= 0.3 is 0 Å². The smallest absolute Gasteiger partial charge is 0.242 e. The lowest BCUT2D eigenvalue weighted by molar-refractivity contribution is 0.194. The second-order valence-electron chi connectivity index (χ2n) is 6.01. The average Bonchev–Trinajstić information content (AvgIpc) is 2.58. The summed E-state index contributed by atoms with van der Waals surface area (Å²) >= 11 is 5.91. The standard InChI is InChI=1S/C17H20ClN3O2S/c18-15-7-5-14(6-8-15)12-21-10-2-3-16(13-21)20-24(22,23)17-4-1-9-19-11-17/h1,4-9,11,16,20H,2-3,10,12-13H2/t16-/m0/s1. The molecule has 2 aromatic rings. The number of likely N-dealkylation sites (tertiary alicyclic amines) is 1. The number of aromatic nitrogens is 1. The molecule has 1 atom stereocenters. The van der Waals surface area contributed by atoms with Crippen LogP contribution in [0.1, 0.15) is 18.4 Å². The van der Waals surface area contributed by atoms with Crippen LogP contribution in [-0.2, 0) is 16.6 Å². The first-order valence-electron chi connectivity index (χ1n) is 7.92. The molecule has 128 valence electrons. The summed E-state index contributed by atoms with van der Waals surface area (Å²) in [6.07, 6.45) is 4.74. The van der Waals surface area contributed by atoms with Crippen molar-refractivity contribution in [3.05, 3.63) is 59.4 Å². The van der Waals surface area contributed by atoms with Gasteiger partial charge in [0, 0.05) is 36.5 Å². The van der Waals surface area contributed by atoms with E-state index >= 15 is 0 Å². The summed E-state index contributed by atoms with van der Waals surface area (Å²) in [5, 5.41) is 0.722. The lowest BCUT2D eigenvalue weighted by atomic mass is 10.1. The molecule has 5 nitrogen and oxygen atoms in total. The fourth-order valence-corrected chi connectivity index (χ4v) is 4.29. The summed E-state index contributed by atoms with van der Waals surface area (Å²) < 4.78 is 27.6. The number of hydrogen-bond donors (Lipinski definition) is 1. The summed E-state index contributed by atoms with van der Waals surface area (Å²) in [5.41, 5.74) is 1.18. The van der Waals surface area contributed by atoms with E-state index in [1.54, 1.807) is 18.3 Å². The molecule has 0 spiro atoms. The second kappa shape index (κ2) is 7.61. The van der Waals surface area contributed by atoms with E-state index in [0.29, 0.717) is 6.54 Å². The number of piperidine rings is 1. The monoisotopic (exact) mass is 365 g/mol. The highest BCUT2D eigenvalue weighted by Gasteiger charge is 2.25. The first-order chi connectivity index (χ1) is 11.5. The highest BCUT2D eigenvalue weighted by Crippen LogP contribution is 2.17. The molecule has 1 aliphatic rings. The van der Waals surface area contributed by atoms with Crippen molar-refractivity contribution in [1.82, 2.24) is 14.6 Å². The van der Waals surface area contributed by atoms with Crippen LogP contribution in [0.25, 0.3) is 0 Å². The van der Waals surface area contributed by atoms with Gasteiger partial charge in [-0.2, -0.15) is 0 Å². The summed E-state index contributed by atoms with van der Waals surface area (Å²) in [4.78, 5) is 6.36. The lowest BCUT2D eigenvalue weighted by Crippen LogP contribution is -2.47. The zero-order valence-electron chi connectivity index (χ0n) is 13.2. The fraction of sp³-hybridized carbons (Fsp3) is 0.353. The third kappa shape index (κ3) is 4.54. The van der Waals surface area contributed by atoms with Crippen LogP contribution in [0.5, 0.6) is 0 Å². The Morgan fingerprint density at radius 1 is 1.25 bits per heavy atom. The van der Waals surface area contributed by atoms with Crippen LogP contribution in [0.2, 0.25) is 5.02 Å².